The molecule has 1 rings (SSSR count). The van der Waals surface area contributed by atoms with Crippen LogP contribution >= 0.6 is 11.8 Å². The lowest BCUT2D eigenvalue weighted by Gasteiger charge is -2.26. The molecule has 1 aromatic rings. The minimum Gasteiger partial charge on any atom is -0.370 e. The fourth-order valence-corrected chi connectivity index (χ4v) is 2.79. The summed E-state index contributed by atoms with van der Waals surface area (Å²) in [5.74, 6) is 1.82. The van der Waals surface area contributed by atoms with Gasteiger partial charge in [-0.05, 0) is 31.2 Å². The predicted octanol–water partition coefficient (Wildman–Crippen LogP) is 3.12. The van der Waals surface area contributed by atoms with Gasteiger partial charge in [-0.1, -0.05) is 13.8 Å². The van der Waals surface area contributed by atoms with E-state index in [4.69, 9.17) is 0 Å². The van der Waals surface area contributed by atoms with Crippen molar-refractivity contribution in [3.8, 4) is 0 Å². The first-order chi connectivity index (χ1) is 9.63. The molecule has 4 nitrogen and oxygen atoms in total. The number of nitrogens with one attached hydrogen (secondary N) is 1. The molecule has 0 aliphatic heterocycles. The van der Waals surface area contributed by atoms with Crippen LogP contribution in [0.25, 0.3) is 0 Å². The molecular formula is C15H25N3OS. The smallest absolute Gasteiger partial charge is 0.255 e. The molecule has 0 spiro atoms. The van der Waals surface area contributed by atoms with Crippen LogP contribution in [0.1, 0.15) is 37.0 Å². The van der Waals surface area contributed by atoms with Crippen LogP contribution < -0.4 is 5.32 Å². The Balaban J connectivity index is 2.70. The van der Waals surface area contributed by atoms with Crippen LogP contribution in [0.2, 0.25) is 0 Å². The topological polar surface area (TPSA) is 45.2 Å². The second kappa shape index (κ2) is 8.84. The van der Waals surface area contributed by atoms with Crippen molar-refractivity contribution in [2.45, 2.75) is 32.7 Å². The zero-order valence-corrected chi connectivity index (χ0v) is 13.7. The van der Waals surface area contributed by atoms with Gasteiger partial charge in [0, 0.05) is 31.6 Å². The quantitative estimate of drug-likeness (QED) is 0.800. The van der Waals surface area contributed by atoms with E-state index in [0.717, 1.165) is 31.0 Å². The molecule has 1 atom stereocenters. The van der Waals surface area contributed by atoms with Gasteiger partial charge in [0.25, 0.3) is 5.91 Å². The highest BCUT2D eigenvalue weighted by Gasteiger charge is 2.19. The Morgan fingerprint density at radius 2 is 2.20 bits per heavy atom. The number of hydrogen-bond donors (Lipinski definition) is 1. The van der Waals surface area contributed by atoms with Crippen molar-refractivity contribution in [2.24, 2.45) is 0 Å². The Morgan fingerprint density at radius 1 is 1.45 bits per heavy atom. The third kappa shape index (κ3) is 4.71. The van der Waals surface area contributed by atoms with Crippen LogP contribution in [0.4, 0.5) is 5.82 Å². The summed E-state index contributed by atoms with van der Waals surface area (Å²) in [6.45, 7) is 5.11. The number of rotatable bonds is 8. The molecular weight excluding hydrogens is 270 g/mol. The van der Waals surface area contributed by atoms with E-state index in [0.29, 0.717) is 5.56 Å². The van der Waals surface area contributed by atoms with Gasteiger partial charge < -0.3 is 10.2 Å². The lowest BCUT2D eigenvalue weighted by molar-refractivity contribution is 0.0743. The molecule has 1 aromatic heterocycles. The largest absolute Gasteiger partial charge is 0.370 e. The average Bonchev–Trinajstić information content (AvgIpc) is 2.49. The lowest BCUT2D eigenvalue weighted by atomic mass is 10.2. The number of nitrogens with zero attached hydrogens (tertiary/aromatic N) is 2. The molecule has 0 aromatic carbocycles. The molecule has 1 amide bonds. The highest BCUT2D eigenvalue weighted by atomic mass is 32.2. The molecule has 20 heavy (non-hydrogen) atoms. The van der Waals surface area contributed by atoms with Crippen LogP contribution in [0.15, 0.2) is 18.3 Å². The van der Waals surface area contributed by atoms with Gasteiger partial charge in [0.1, 0.15) is 5.82 Å². The summed E-state index contributed by atoms with van der Waals surface area (Å²) in [6, 6.07) is 3.98. The molecule has 1 N–H and O–H groups in total. The second-order valence-electron chi connectivity index (χ2n) is 4.79. The minimum atomic E-state index is 0.0421. The van der Waals surface area contributed by atoms with Crippen molar-refractivity contribution in [1.29, 1.82) is 0 Å². The first kappa shape index (κ1) is 16.8. The Bertz CT molecular complexity index is 408. The standard InChI is InChI=1S/C15H25N3OS/c1-5-9-16-14-8-7-12(10-17-14)15(19)18(3)13(6-2)11-20-4/h7-8,10,13H,5-6,9,11H2,1-4H3,(H,16,17). The number of thioether (sulfide) groups is 1. The monoisotopic (exact) mass is 295 g/mol. The molecule has 5 heteroatoms. The maximum absolute atomic E-state index is 12.4. The van der Waals surface area contributed by atoms with E-state index in [-0.39, 0.29) is 11.9 Å². The molecule has 112 valence electrons. The summed E-state index contributed by atoms with van der Waals surface area (Å²) < 4.78 is 0. The Labute approximate surface area is 126 Å². The number of aromatic nitrogens is 1. The lowest BCUT2D eigenvalue weighted by Crippen LogP contribution is -2.38. The highest BCUT2D eigenvalue weighted by Crippen LogP contribution is 2.13. The number of carbonyl (C=O) groups is 1. The van der Waals surface area contributed by atoms with Gasteiger partial charge in [-0.25, -0.2) is 4.98 Å². The van der Waals surface area contributed by atoms with Crippen LogP contribution in [0, 0.1) is 0 Å². The van der Waals surface area contributed by atoms with E-state index in [2.05, 4.69) is 30.4 Å². The first-order valence-electron chi connectivity index (χ1n) is 7.10. The molecule has 0 fully saturated rings. The maximum Gasteiger partial charge on any atom is 0.255 e. The molecule has 1 unspecified atom stereocenters. The van der Waals surface area contributed by atoms with Gasteiger partial charge in [0.05, 0.1) is 5.56 Å². The van der Waals surface area contributed by atoms with E-state index < -0.39 is 0 Å². The number of pyridine rings is 1. The number of hydrogen-bond acceptors (Lipinski definition) is 4. The number of amides is 1. The van der Waals surface area contributed by atoms with Crippen molar-refractivity contribution >= 4 is 23.5 Å². The summed E-state index contributed by atoms with van der Waals surface area (Å²) in [5, 5.41) is 3.20. The molecule has 0 saturated heterocycles. The Kier molecular flexibility index (Phi) is 7.44. The summed E-state index contributed by atoms with van der Waals surface area (Å²) in [5.41, 5.74) is 0.647. The fraction of sp³-hybridized carbons (Fsp3) is 0.600. The minimum absolute atomic E-state index is 0.0421. The van der Waals surface area contributed by atoms with Crippen molar-refractivity contribution < 1.29 is 4.79 Å². The Morgan fingerprint density at radius 3 is 2.70 bits per heavy atom. The van der Waals surface area contributed by atoms with Crippen molar-refractivity contribution in [3.05, 3.63) is 23.9 Å². The van der Waals surface area contributed by atoms with Gasteiger partial charge in [0.15, 0.2) is 0 Å². The molecule has 0 bridgehead atoms. The average molecular weight is 295 g/mol. The number of carbonyl (C=O) groups excluding carboxylic acids is 1. The van der Waals surface area contributed by atoms with Gasteiger partial charge in [-0.3, -0.25) is 4.79 Å². The first-order valence-corrected chi connectivity index (χ1v) is 8.49. The van der Waals surface area contributed by atoms with E-state index >= 15 is 0 Å². The van der Waals surface area contributed by atoms with E-state index in [1.807, 2.05) is 24.1 Å². The van der Waals surface area contributed by atoms with E-state index in [9.17, 15) is 4.79 Å². The predicted molar refractivity (Wildman–Crippen MR) is 87.6 cm³/mol. The van der Waals surface area contributed by atoms with E-state index in [1.165, 1.54) is 0 Å². The summed E-state index contributed by atoms with van der Waals surface area (Å²) in [4.78, 5) is 18.5. The van der Waals surface area contributed by atoms with Crippen LogP contribution in [-0.4, -0.2) is 47.4 Å². The van der Waals surface area contributed by atoms with Crippen LogP contribution in [0.3, 0.4) is 0 Å². The zero-order valence-electron chi connectivity index (χ0n) is 12.8. The second-order valence-corrected chi connectivity index (χ2v) is 5.70. The van der Waals surface area contributed by atoms with E-state index in [1.54, 1.807) is 18.0 Å². The highest BCUT2D eigenvalue weighted by molar-refractivity contribution is 7.98. The zero-order chi connectivity index (χ0) is 15.0. The summed E-state index contributed by atoms with van der Waals surface area (Å²) in [7, 11) is 1.87. The van der Waals surface area contributed by atoms with Gasteiger partial charge in [-0.15, -0.1) is 0 Å². The third-order valence-electron chi connectivity index (χ3n) is 3.26. The molecule has 1 heterocycles. The van der Waals surface area contributed by atoms with Gasteiger partial charge in [0.2, 0.25) is 0 Å². The normalized spacial score (nSPS) is 12.0. The summed E-state index contributed by atoms with van der Waals surface area (Å²) >= 11 is 1.77. The van der Waals surface area contributed by atoms with Crippen LogP contribution in [0.5, 0.6) is 0 Å². The molecule has 0 radical (unpaired) electrons. The third-order valence-corrected chi connectivity index (χ3v) is 3.98. The van der Waals surface area contributed by atoms with Crippen molar-refractivity contribution in [2.75, 3.05) is 30.9 Å². The SMILES string of the molecule is CCCNc1ccc(C(=O)N(C)C(CC)CSC)cn1. The van der Waals surface area contributed by atoms with Gasteiger partial charge >= 0.3 is 0 Å². The molecule has 0 aliphatic carbocycles. The summed E-state index contributed by atoms with van der Waals surface area (Å²) in [6.07, 6.45) is 5.74. The maximum atomic E-state index is 12.4. The molecule has 0 saturated carbocycles. The van der Waals surface area contributed by atoms with Gasteiger partial charge in [-0.2, -0.15) is 11.8 Å². The Hall–Kier alpha value is -1.23. The van der Waals surface area contributed by atoms with Crippen molar-refractivity contribution in [1.82, 2.24) is 9.88 Å². The van der Waals surface area contributed by atoms with Crippen LogP contribution in [-0.2, 0) is 0 Å². The fourth-order valence-electron chi connectivity index (χ4n) is 1.94. The number of anilines is 1. The van der Waals surface area contributed by atoms with Crippen molar-refractivity contribution in [3.63, 3.8) is 0 Å². The molecule has 0 aliphatic rings.